The maximum Gasteiger partial charge on any atom is 0.234 e. The van der Waals surface area contributed by atoms with Gasteiger partial charge in [0.15, 0.2) is 0 Å². The molecule has 0 atom stereocenters. The molecule has 0 bridgehead atoms. The Labute approximate surface area is 126 Å². The fourth-order valence-electron chi connectivity index (χ4n) is 2.87. The first kappa shape index (κ1) is 14.5. The summed E-state index contributed by atoms with van der Waals surface area (Å²) in [4.78, 5) is 14.1. The van der Waals surface area contributed by atoms with Gasteiger partial charge < -0.3 is 10.6 Å². The Hall–Kier alpha value is -1.39. The molecule has 2 aliphatic rings. The Bertz CT molecular complexity index is 485. The van der Waals surface area contributed by atoms with Crippen LogP contribution in [0, 0.1) is 5.92 Å². The molecule has 1 aliphatic carbocycles. The molecular formula is C17H25N3O. The Morgan fingerprint density at radius 3 is 2.86 bits per heavy atom. The van der Waals surface area contributed by atoms with Crippen LogP contribution in [0.15, 0.2) is 24.3 Å². The summed E-state index contributed by atoms with van der Waals surface area (Å²) in [6, 6.07) is 8.65. The highest BCUT2D eigenvalue weighted by atomic mass is 16.1. The van der Waals surface area contributed by atoms with E-state index in [-0.39, 0.29) is 5.91 Å². The molecule has 0 radical (unpaired) electrons. The Morgan fingerprint density at radius 2 is 2.05 bits per heavy atom. The van der Waals surface area contributed by atoms with Crippen molar-refractivity contribution in [3.05, 3.63) is 35.4 Å². The molecule has 1 aliphatic heterocycles. The van der Waals surface area contributed by atoms with Gasteiger partial charge in [0.05, 0.1) is 6.54 Å². The molecule has 1 fully saturated rings. The van der Waals surface area contributed by atoms with Gasteiger partial charge in [-0.1, -0.05) is 24.3 Å². The fraction of sp³-hybridized carbons (Fsp3) is 0.588. The van der Waals surface area contributed by atoms with Gasteiger partial charge in [-0.2, -0.15) is 0 Å². The van der Waals surface area contributed by atoms with Gasteiger partial charge in [0, 0.05) is 26.2 Å². The van der Waals surface area contributed by atoms with Gasteiger partial charge in [-0.25, -0.2) is 0 Å². The van der Waals surface area contributed by atoms with E-state index in [0.717, 1.165) is 45.1 Å². The summed E-state index contributed by atoms with van der Waals surface area (Å²) in [5.41, 5.74) is 2.91. The van der Waals surface area contributed by atoms with Crippen LogP contribution in [0.2, 0.25) is 0 Å². The van der Waals surface area contributed by atoms with Crippen molar-refractivity contribution in [2.45, 2.75) is 25.8 Å². The van der Waals surface area contributed by atoms with Crippen molar-refractivity contribution in [2.75, 3.05) is 32.7 Å². The van der Waals surface area contributed by atoms with Crippen LogP contribution in [0.4, 0.5) is 0 Å². The average molecular weight is 287 g/mol. The minimum Gasteiger partial charge on any atom is -0.354 e. The zero-order valence-electron chi connectivity index (χ0n) is 12.6. The number of hydrogen-bond donors (Lipinski definition) is 2. The number of carbonyl (C=O) groups excluding carboxylic acids is 1. The topological polar surface area (TPSA) is 44.4 Å². The highest BCUT2D eigenvalue weighted by molar-refractivity contribution is 5.77. The first-order valence-corrected chi connectivity index (χ1v) is 8.08. The van der Waals surface area contributed by atoms with Crippen LogP contribution in [-0.4, -0.2) is 43.5 Å². The largest absolute Gasteiger partial charge is 0.354 e. The van der Waals surface area contributed by atoms with E-state index in [4.69, 9.17) is 0 Å². The maximum absolute atomic E-state index is 11.7. The fourth-order valence-corrected chi connectivity index (χ4v) is 2.87. The van der Waals surface area contributed by atoms with Crippen LogP contribution in [0.5, 0.6) is 0 Å². The van der Waals surface area contributed by atoms with E-state index >= 15 is 0 Å². The van der Waals surface area contributed by atoms with Gasteiger partial charge in [0.1, 0.15) is 0 Å². The van der Waals surface area contributed by atoms with Crippen molar-refractivity contribution in [3.8, 4) is 0 Å². The number of carbonyl (C=O) groups is 1. The van der Waals surface area contributed by atoms with Crippen LogP contribution in [-0.2, 0) is 17.8 Å². The van der Waals surface area contributed by atoms with Crippen LogP contribution < -0.4 is 10.6 Å². The highest BCUT2D eigenvalue weighted by Crippen LogP contribution is 2.27. The van der Waals surface area contributed by atoms with Gasteiger partial charge in [0.25, 0.3) is 0 Å². The molecule has 21 heavy (non-hydrogen) atoms. The molecule has 0 saturated heterocycles. The molecular weight excluding hydrogens is 262 g/mol. The standard InChI is InChI=1S/C17H25N3O/c21-17(12-18-11-14-5-6-14)19-8-10-20-9-7-15-3-1-2-4-16(15)13-20/h1-4,14,18H,5-13H2,(H,19,21). The first-order chi connectivity index (χ1) is 10.3. The molecule has 114 valence electrons. The minimum atomic E-state index is 0.119. The van der Waals surface area contributed by atoms with Gasteiger partial charge >= 0.3 is 0 Å². The van der Waals surface area contributed by atoms with E-state index in [1.165, 1.54) is 24.0 Å². The SMILES string of the molecule is O=C(CNCC1CC1)NCCN1CCc2ccccc2C1. The normalized spacial score (nSPS) is 18.3. The molecule has 0 spiro atoms. The smallest absolute Gasteiger partial charge is 0.234 e. The summed E-state index contributed by atoms with van der Waals surface area (Å²) in [6.45, 7) is 5.23. The van der Waals surface area contributed by atoms with E-state index in [1.807, 2.05) is 0 Å². The molecule has 1 saturated carbocycles. The van der Waals surface area contributed by atoms with E-state index < -0.39 is 0 Å². The number of benzene rings is 1. The highest BCUT2D eigenvalue weighted by Gasteiger charge is 2.20. The van der Waals surface area contributed by atoms with Crippen molar-refractivity contribution in [3.63, 3.8) is 0 Å². The third-order valence-electron chi connectivity index (χ3n) is 4.38. The van der Waals surface area contributed by atoms with Gasteiger partial charge in [-0.15, -0.1) is 0 Å². The Balaban J connectivity index is 1.31. The number of rotatable bonds is 7. The summed E-state index contributed by atoms with van der Waals surface area (Å²) >= 11 is 0. The van der Waals surface area contributed by atoms with Crippen molar-refractivity contribution < 1.29 is 4.79 Å². The van der Waals surface area contributed by atoms with Crippen LogP contribution in [0.1, 0.15) is 24.0 Å². The van der Waals surface area contributed by atoms with Crippen molar-refractivity contribution in [1.29, 1.82) is 0 Å². The molecule has 1 aromatic rings. The van der Waals surface area contributed by atoms with Crippen molar-refractivity contribution in [2.24, 2.45) is 5.92 Å². The maximum atomic E-state index is 11.7. The summed E-state index contributed by atoms with van der Waals surface area (Å²) in [6.07, 6.45) is 3.77. The molecule has 1 heterocycles. The second kappa shape index (κ2) is 7.05. The van der Waals surface area contributed by atoms with Crippen LogP contribution in [0.25, 0.3) is 0 Å². The zero-order valence-corrected chi connectivity index (χ0v) is 12.6. The monoisotopic (exact) mass is 287 g/mol. The van der Waals surface area contributed by atoms with Gasteiger partial charge in [-0.05, 0) is 42.9 Å². The lowest BCUT2D eigenvalue weighted by atomic mass is 10.00. The minimum absolute atomic E-state index is 0.119. The second-order valence-corrected chi connectivity index (χ2v) is 6.22. The van der Waals surface area contributed by atoms with E-state index in [9.17, 15) is 4.79 Å². The number of nitrogens with one attached hydrogen (secondary N) is 2. The van der Waals surface area contributed by atoms with Gasteiger partial charge in [-0.3, -0.25) is 9.69 Å². The summed E-state index contributed by atoms with van der Waals surface area (Å²) in [7, 11) is 0. The number of hydrogen-bond acceptors (Lipinski definition) is 3. The predicted octanol–water partition coefficient (Wildman–Crippen LogP) is 1.16. The van der Waals surface area contributed by atoms with E-state index in [0.29, 0.717) is 6.54 Å². The lowest BCUT2D eigenvalue weighted by molar-refractivity contribution is -0.120. The predicted molar refractivity (Wildman–Crippen MR) is 84.0 cm³/mol. The molecule has 2 N–H and O–H groups in total. The second-order valence-electron chi connectivity index (χ2n) is 6.22. The average Bonchev–Trinajstić information content (AvgIpc) is 3.31. The van der Waals surface area contributed by atoms with E-state index in [1.54, 1.807) is 0 Å². The number of fused-ring (bicyclic) bond motifs is 1. The lowest BCUT2D eigenvalue weighted by Crippen LogP contribution is -2.40. The van der Waals surface area contributed by atoms with Crippen molar-refractivity contribution in [1.82, 2.24) is 15.5 Å². The summed E-state index contributed by atoms with van der Waals surface area (Å²) in [5.74, 6) is 0.944. The Kier molecular flexibility index (Phi) is 4.88. The lowest BCUT2D eigenvalue weighted by Gasteiger charge is -2.28. The van der Waals surface area contributed by atoms with E-state index in [2.05, 4.69) is 39.8 Å². The Morgan fingerprint density at radius 1 is 1.24 bits per heavy atom. The van der Waals surface area contributed by atoms with Crippen molar-refractivity contribution >= 4 is 5.91 Å². The van der Waals surface area contributed by atoms with Gasteiger partial charge in [0.2, 0.25) is 5.91 Å². The first-order valence-electron chi connectivity index (χ1n) is 8.08. The third kappa shape index (κ3) is 4.55. The quantitative estimate of drug-likeness (QED) is 0.791. The number of amides is 1. The third-order valence-corrected chi connectivity index (χ3v) is 4.38. The molecule has 3 rings (SSSR count). The molecule has 0 aromatic heterocycles. The molecule has 0 unspecified atom stereocenters. The molecule has 4 nitrogen and oxygen atoms in total. The molecule has 1 amide bonds. The summed E-state index contributed by atoms with van der Waals surface area (Å²) < 4.78 is 0. The van der Waals surface area contributed by atoms with Crippen LogP contribution in [0.3, 0.4) is 0 Å². The summed E-state index contributed by atoms with van der Waals surface area (Å²) in [5, 5.41) is 6.23. The molecule has 1 aromatic carbocycles. The zero-order chi connectivity index (χ0) is 14.5. The van der Waals surface area contributed by atoms with Crippen LogP contribution >= 0.6 is 0 Å². The molecule has 4 heteroatoms. The number of nitrogens with zero attached hydrogens (tertiary/aromatic N) is 1.